The Balaban J connectivity index is 1.89. The highest BCUT2D eigenvalue weighted by Crippen LogP contribution is 2.48. The van der Waals surface area contributed by atoms with Crippen LogP contribution in [-0.4, -0.2) is 31.0 Å². The first kappa shape index (κ1) is 20.2. The van der Waals surface area contributed by atoms with Gasteiger partial charge in [0.1, 0.15) is 28.9 Å². The Bertz CT molecular complexity index is 1180. The highest BCUT2D eigenvalue weighted by atomic mass is 16.5. The van der Waals surface area contributed by atoms with E-state index in [1.807, 2.05) is 43.3 Å². The van der Waals surface area contributed by atoms with Crippen LogP contribution in [0, 0.1) is 11.3 Å². The number of nitrogens with two attached hydrogens (primary N) is 1. The summed E-state index contributed by atoms with van der Waals surface area (Å²) >= 11 is 0. The van der Waals surface area contributed by atoms with Crippen molar-refractivity contribution >= 4 is 0 Å². The van der Waals surface area contributed by atoms with Gasteiger partial charge < -0.3 is 24.7 Å². The number of fused-ring (bicyclic) bond motifs is 1. The number of ether oxygens (including phenoxy) is 4. The third-order valence-corrected chi connectivity index (χ3v) is 5.14. The van der Waals surface area contributed by atoms with Gasteiger partial charge in [-0.05, 0) is 37.3 Å². The van der Waals surface area contributed by atoms with Crippen LogP contribution < -0.4 is 24.7 Å². The fraction of sp³-hybridized carbons (Fsp3) is 0.217. The largest absolute Gasteiger partial charge is 0.497 e. The molecule has 0 saturated heterocycles. The van der Waals surface area contributed by atoms with Gasteiger partial charge >= 0.3 is 0 Å². The lowest BCUT2D eigenvalue weighted by Crippen LogP contribution is -2.21. The van der Waals surface area contributed by atoms with Crippen molar-refractivity contribution in [2.24, 2.45) is 5.73 Å². The second-order valence-electron chi connectivity index (χ2n) is 6.81. The molecule has 0 spiro atoms. The van der Waals surface area contributed by atoms with Gasteiger partial charge in [0, 0.05) is 17.2 Å². The summed E-state index contributed by atoms with van der Waals surface area (Å²) < 4.78 is 22.1. The third-order valence-electron chi connectivity index (χ3n) is 5.14. The molecule has 0 fully saturated rings. The Morgan fingerprint density at radius 2 is 1.87 bits per heavy atom. The minimum absolute atomic E-state index is 0.0163. The molecule has 4 rings (SSSR count). The summed E-state index contributed by atoms with van der Waals surface area (Å²) in [6.07, 6.45) is 0. The molecule has 0 unspecified atom stereocenters. The van der Waals surface area contributed by atoms with Gasteiger partial charge in [0.25, 0.3) is 0 Å². The van der Waals surface area contributed by atoms with Crippen molar-refractivity contribution < 1.29 is 18.9 Å². The third kappa shape index (κ3) is 3.51. The van der Waals surface area contributed by atoms with Gasteiger partial charge in [-0.25, -0.2) is 0 Å². The van der Waals surface area contributed by atoms with Crippen molar-refractivity contribution in [3.63, 3.8) is 0 Å². The number of hydrogen-bond donors (Lipinski definition) is 2. The zero-order valence-electron chi connectivity index (χ0n) is 17.4. The maximum atomic E-state index is 9.90. The van der Waals surface area contributed by atoms with Crippen LogP contribution >= 0.6 is 0 Å². The van der Waals surface area contributed by atoms with Crippen LogP contribution in [0.1, 0.15) is 24.0 Å². The normalized spacial score (nSPS) is 15.0. The highest BCUT2D eigenvalue weighted by Gasteiger charge is 2.37. The van der Waals surface area contributed by atoms with Crippen molar-refractivity contribution in [3.8, 4) is 40.5 Å². The van der Waals surface area contributed by atoms with Crippen LogP contribution in [0.15, 0.2) is 53.9 Å². The SMILES string of the molecule is CCOc1ccc(-c2[nH]nc3c2[C@@H](c2ccc(OC)cc2OC)C(C#N)=C(N)O3)cc1. The summed E-state index contributed by atoms with van der Waals surface area (Å²) in [6, 6.07) is 15.3. The Kier molecular flexibility index (Phi) is 5.41. The zero-order chi connectivity index (χ0) is 22.0. The molecule has 0 amide bonds. The molecule has 8 nitrogen and oxygen atoms in total. The van der Waals surface area contributed by atoms with E-state index in [0.29, 0.717) is 29.5 Å². The smallest absolute Gasteiger partial charge is 0.244 e. The van der Waals surface area contributed by atoms with Crippen LogP contribution in [0.2, 0.25) is 0 Å². The molecule has 0 bridgehead atoms. The zero-order valence-corrected chi connectivity index (χ0v) is 17.4. The van der Waals surface area contributed by atoms with E-state index >= 15 is 0 Å². The predicted octanol–water partition coefficient (Wildman–Crippen LogP) is 3.71. The predicted molar refractivity (Wildman–Crippen MR) is 114 cm³/mol. The molecular formula is C23H22N4O4. The number of aromatic nitrogens is 2. The maximum absolute atomic E-state index is 9.90. The highest BCUT2D eigenvalue weighted by molar-refractivity contribution is 5.72. The topological polar surface area (TPSA) is 115 Å². The molecule has 1 aliphatic heterocycles. The van der Waals surface area contributed by atoms with E-state index in [2.05, 4.69) is 16.3 Å². The van der Waals surface area contributed by atoms with Gasteiger partial charge in [0.05, 0.1) is 38.0 Å². The fourth-order valence-corrected chi connectivity index (χ4v) is 3.72. The Hall–Kier alpha value is -4.12. The van der Waals surface area contributed by atoms with Crippen molar-refractivity contribution in [2.45, 2.75) is 12.8 Å². The minimum Gasteiger partial charge on any atom is -0.497 e. The summed E-state index contributed by atoms with van der Waals surface area (Å²) in [7, 11) is 3.15. The van der Waals surface area contributed by atoms with Crippen molar-refractivity contribution in [1.82, 2.24) is 10.2 Å². The van der Waals surface area contributed by atoms with Crippen LogP contribution in [0.3, 0.4) is 0 Å². The van der Waals surface area contributed by atoms with Crippen molar-refractivity contribution in [3.05, 3.63) is 65.0 Å². The molecule has 8 heteroatoms. The lowest BCUT2D eigenvalue weighted by molar-refractivity contribution is 0.340. The van der Waals surface area contributed by atoms with Crippen LogP contribution in [0.5, 0.6) is 23.1 Å². The molecule has 31 heavy (non-hydrogen) atoms. The van der Waals surface area contributed by atoms with E-state index in [1.165, 1.54) is 0 Å². The average Bonchev–Trinajstić information content (AvgIpc) is 3.21. The number of hydrogen-bond acceptors (Lipinski definition) is 7. The van der Waals surface area contributed by atoms with Gasteiger partial charge in [-0.2, -0.15) is 5.26 Å². The van der Waals surface area contributed by atoms with Gasteiger partial charge in [-0.1, -0.05) is 6.07 Å². The Morgan fingerprint density at radius 1 is 1.13 bits per heavy atom. The summed E-state index contributed by atoms with van der Waals surface area (Å²) in [5.41, 5.74) is 9.41. The van der Waals surface area contributed by atoms with Gasteiger partial charge in [0.2, 0.25) is 11.8 Å². The average molecular weight is 418 g/mol. The molecule has 2 aromatic carbocycles. The van der Waals surface area contributed by atoms with Gasteiger partial charge in [-0.3, -0.25) is 5.10 Å². The molecule has 0 saturated carbocycles. The van der Waals surface area contributed by atoms with Gasteiger partial charge in [0.15, 0.2) is 0 Å². The van der Waals surface area contributed by atoms with Crippen LogP contribution in [-0.2, 0) is 0 Å². The molecule has 1 aromatic heterocycles. The molecule has 0 aliphatic carbocycles. The molecular weight excluding hydrogens is 396 g/mol. The quantitative estimate of drug-likeness (QED) is 0.627. The molecule has 1 atom stereocenters. The standard InChI is InChI=1S/C23H22N4O4/c1-4-30-14-7-5-13(6-8-14)21-20-19(16-10-9-15(28-2)11-18(16)29-3)17(12-24)22(25)31-23(20)27-26-21/h5-11,19H,4,25H2,1-3H3,(H,26,27)/t19-/m0/s1. The van der Waals surface area contributed by atoms with Crippen molar-refractivity contribution in [2.75, 3.05) is 20.8 Å². The lowest BCUT2D eigenvalue weighted by Gasteiger charge is -2.25. The first-order valence-corrected chi connectivity index (χ1v) is 9.72. The van der Waals surface area contributed by atoms with E-state index in [4.69, 9.17) is 24.7 Å². The van der Waals surface area contributed by atoms with Crippen LogP contribution in [0.4, 0.5) is 0 Å². The number of methoxy groups -OCH3 is 2. The molecule has 158 valence electrons. The number of nitrogens with zero attached hydrogens (tertiary/aromatic N) is 2. The number of H-pyrrole nitrogens is 1. The van der Waals surface area contributed by atoms with E-state index in [-0.39, 0.29) is 11.5 Å². The Morgan fingerprint density at radius 3 is 2.52 bits per heavy atom. The van der Waals surface area contributed by atoms with Gasteiger partial charge in [-0.15, -0.1) is 5.10 Å². The molecule has 3 N–H and O–H groups in total. The number of nitriles is 1. The van der Waals surface area contributed by atoms with E-state index in [0.717, 1.165) is 22.6 Å². The van der Waals surface area contributed by atoms with E-state index in [9.17, 15) is 5.26 Å². The molecule has 2 heterocycles. The number of allylic oxidation sites excluding steroid dienone is 1. The van der Waals surface area contributed by atoms with E-state index < -0.39 is 5.92 Å². The second-order valence-corrected chi connectivity index (χ2v) is 6.81. The number of aromatic amines is 1. The minimum atomic E-state index is -0.532. The molecule has 1 aliphatic rings. The molecule has 3 aromatic rings. The Labute approximate surface area is 179 Å². The summed E-state index contributed by atoms with van der Waals surface area (Å²) in [5.74, 6) is 1.78. The number of rotatable bonds is 6. The summed E-state index contributed by atoms with van der Waals surface area (Å²) in [6.45, 7) is 2.52. The lowest BCUT2D eigenvalue weighted by atomic mass is 9.82. The first-order valence-electron chi connectivity index (χ1n) is 9.72. The summed E-state index contributed by atoms with van der Waals surface area (Å²) in [5, 5.41) is 17.2. The maximum Gasteiger partial charge on any atom is 0.244 e. The molecule has 0 radical (unpaired) electrons. The number of nitrogens with one attached hydrogen (secondary N) is 1. The van der Waals surface area contributed by atoms with Crippen LogP contribution in [0.25, 0.3) is 11.3 Å². The summed E-state index contributed by atoms with van der Waals surface area (Å²) in [4.78, 5) is 0. The first-order chi connectivity index (χ1) is 15.1. The number of benzene rings is 2. The monoisotopic (exact) mass is 418 g/mol. The van der Waals surface area contributed by atoms with E-state index in [1.54, 1.807) is 20.3 Å². The van der Waals surface area contributed by atoms with Crippen molar-refractivity contribution in [1.29, 1.82) is 5.26 Å². The second kappa shape index (κ2) is 8.32. The fourth-order valence-electron chi connectivity index (χ4n) is 3.72.